The molecule has 3 aliphatic rings. The van der Waals surface area contributed by atoms with Crippen LogP contribution in [0, 0.1) is 0 Å². The van der Waals surface area contributed by atoms with Gasteiger partial charge in [-0.1, -0.05) is 123 Å². The van der Waals surface area contributed by atoms with E-state index in [1.165, 1.54) is 68.0 Å². The molecule has 8 rings (SSSR count). The normalized spacial score (nSPS) is 23.7. The fourth-order valence-electron chi connectivity index (χ4n) is 8.10. The molecule has 0 N–H and O–H groups in total. The summed E-state index contributed by atoms with van der Waals surface area (Å²) >= 11 is 2.15. The highest BCUT2D eigenvalue weighted by molar-refractivity contribution is 8.00. The number of hydrogen-bond acceptors (Lipinski definition) is 1. The summed E-state index contributed by atoms with van der Waals surface area (Å²) in [4.78, 5) is 1.50. The summed E-state index contributed by atoms with van der Waals surface area (Å²) in [5.74, 6) is 0.629. The first-order valence-electron chi connectivity index (χ1n) is 14.9. The Morgan fingerprint density at radius 1 is 0.725 bits per heavy atom. The molecule has 1 aliphatic heterocycles. The van der Waals surface area contributed by atoms with Crippen LogP contribution in [0.5, 0.6) is 0 Å². The molecule has 0 spiro atoms. The first-order valence-corrected chi connectivity index (χ1v) is 15.8. The average molecular weight is 535 g/mol. The minimum atomic E-state index is 0.0839. The molecule has 1 saturated carbocycles. The molecule has 1 heteroatoms. The van der Waals surface area contributed by atoms with Gasteiger partial charge < -0.3 is 0 Å². The lowest BCUT2D eigenvalue weighted by atomic mass is 9.63. The van der Waals surface area contributed by atoms with E-state index in [9.17, 15) is 0 Å². The average Bonchev–Trinajstić information content (AvgIpc) is 3.41. The molecule has 5 aromatic rings. The highest BCUT2D eigenvalue weighted by atomic mass is 32.2. The van der Waals surface area contributed by atoms with Crippen molar-refractivity contribution in [2.75, 3.05) is 0 Å². The predicted octanol–water partition coefficient (Wildman–Crippen LogP) is 11.1. The maximum absolute atomic E-state index is 2.59. The molecule has 1 fully saturated rings. The zero-order valence-corrected chi connectivity index (χ0v) is 23.9. The summed E-state index contributed by atoms with van der Waals surface area (Å²) in [6, 6.07) is 36.9. The van der Waals surface area contributed by atoms with E-state index in [2.05, 4.69) is 134 Å². The number of thioether (sulfide) groups is 1. The monoisotopic (exact) mass is 534 g/mol. The van der Waals surface area contributed by atoms with Gasteiger partial charge in [0.2, 0.25) is 0 Å². The van der Waals surface area contributed by atoms with Crippen LogP contribution in [0.3, 0.4) is 0 Å². The van der Waals surface area contributed by atoms with Gasteiger partial charge in [0.25, 0.3) is 0 Å². The zero-order valence-electron chi connectivity index (χ0n) is 23.1. The first-order chi connectivity index (χ1) is 19.7. The van der Waals surface area contributed by atoms with Crippen molar-refractivity contribution in [2.24, 2.45) is 0 Å². The molecular formula is C39H34S. The van der Waals surface area contributed by atoms with Gasteiger partial charge in [0, 0.05) is 15.6 Å². The molecule has 3 atom stereocenters. The van der Waals surface area contributed by atoms with Crippen molar-refractivity contribution >= 4 is 38.9 Å². The molecule has 0 amide bonds. The standard InChI is InChI=1S/C39H34S/c1-39(25-13-23-34-28-17-11-12-24-35(28)40-38(34)39)37-32-21-9-7-19-30(32)36(31-20-8-10-22-33(31)37)29-18-6-5-16-27(29)26-14-3-2-4-15-26/h2-3,5-12,14,16-22,24,34,38H,4,13,15,23,25H2,1H3/t34?,38?,39-/m0/s1. The maximum atomic E-state index is 2.59. The quantitative estimate of drug-likeness (QED) is 0.207. The van der Waals surface area contributed by atoms with Gasteiger partial charge in [0.1, 0.15) is 0 Å². The fourth-order valence-corrected chi connectivity index (χ4v) is 9.83. The molecule has 0 bridgehead atoms. The van der Waals surface area contributed by atoms with Crippen LogP contribution in [0.25, 0.3) is 38.2 Å². The Kier molecular flexibility index (Phi) is 5.78. The maximum Gasteiger partial charge on any atom is 0.0258 e. The Morgan fingerprint density at radius 3 is 2.10 bits per heavy atom. The largest absolute Gasteiger partial charge is 0.121 e. The second kappa shape index (κ2) is 9.53. The summed E-state index contributed by atoms with van der Waals surface area (Å²) in [5, 5.41) is 6.20. The second-order valence-corrected chi connectivity index (χ2v) is 13.2. The van der Waals surface area contributed by atoms with Crippen molar-refractivity contribution in [3.63, 3.8) is 0 Å². The van der Waals surface area contributed by atoms with E-state index in [4.69, 9.17) is 0 Å². The minimum Gasteiger partial charge on any atom is -0.121 e. The van der Waals surface area contributed by atoms with Crippen LogP contribution in [-0.2, 0) is 5.41 Å². The van der Waals surface area contributed by atoms with Crippen LogP contribution in [0.15, 0.2) is 120 Å². The van der Waals surface area contributed by atoms with Crippen molar-refractivity contribution < 1.29 is 0 Å². The Balaban J connectivity index is 1.42. The van der Waals surface area contributed by atoms with Crippen LogP contribution < -0.4 is 0 Å². The number of benzene rings is 5. The van der Waals surface area contributed by atoms with Crippen molar-refractivity contribution in [2.45, 2.75) is 60.5 Å². The third-order valence-corrected chi connectivity index (χ3v) is 11.6. The minimum absolute atomic E-state index is 0.0839. The van der Waals surface area contributed by atoms with Gasteiger partial charge in [0.15, 0.2) is 0 Å². The molecule has 0 nitrogen and oxygen atoms in total. The van der Waals surface area contributed by atoms with Gasteiger partial charge in [-0.15, -0.1) is 11.8 Å². The van der Waals surface area contributed by atoms with Crippen molar-refractivity contribution in [1.29, 1.82) is 0 Å². The van der Waals surface area contributed by atoms with Crippen LogP contribution >= 0.6 is 11.8 Å². The molecule has 2 unspecified atom stereocenters. The molecule has 0 saturated heterocycles. The van der Waals surface area contributed by atoms with E-state index in [1.807, 2.05) is 0 Å². The van der Waals surface area contributed by atoms with Gasteiger partial charge in [-0.3, -0.25) is 0 Å². The van der Waals surface area contributed by atoms with E-state index in [-0.39, 0.29) is 5.41 Å². The lowest BCUT2D eigenvalue weighted by Gasteiger charge is -2.44. The van der Waals surface area contributed by atoms with E-state index in [0.29, 0.717) is 11.2 Å². The van der Waals surface area contributed by atoms with E-state index >= 15 is 0 Å². The van der Waals surface area contributed by atoms with Gasteiger partial charge in [-0.2, -0.15) is 0 Å². The molecule has 1 heterocycles. The van der Waals surface area contributed by atoms with Crippen LogP contribution in [0.1, 0.15) is 61.6 Å². The predicted molar refractivity (Wildman–Crippen MR) is 173 cm³/mol. The van der Waals surface area contributed by atoms with E-state index in [1.54, 1.807) is 11.1 Å². The summed E-state index contributed by atoms with van der Waals surface area (Å²) in [6.45, 7) is 2.59. The van der Waals surface area contributed by atoms with Crippen LogP contribution in [-0.4, -0.2) is 5.25 Å². The Morgan fingerprint density at radius 2 is 1.38 bits per heavy atom. The Labute approximate surface area is 241 Å². The topological polar surface area (TPSA) is 0 Å². The summed E-state index contributed by atoms with van der Waals surface area (Å²) in [7, 11) is 0. The molecule has 0 aromatic heterocycles. The van der Waals surface area contributed by atoms with Crippen LogP contribution in [0.4, 0.5) is 0 Å². The fraction of sp³-hybridized carbons (Fsp3) is 0.231. The number of hydrogen-bond donors (Lipinski definition) is 0. The highest BCUT2D eigenvalue weighted by Gasteiger charge is 2.49. The van der Waals surface area contributed by atoms with Crippen LogP contribution in [0.2, 0.25) is 0 Å². The number of rotatable bonds is 3. The van der Waals surface area contributed by atoms with Gasteiger partial charge in [-0.05, 0) is 92.6 Å². The second-order valence-electron chi connectivity index (χ2n) is 12.0. The van der Waals surface area contributed by atoms with Crippen molar-refractivity contribution in [1.82, 2.24) is 0 Å². The smallest absolute Gasteiger partial charge is 0.0258 e. The summed E-state index contributed by atoms with van der Waals surface area (Å²) in [5.41, 5.74) is 8.79. The molecule has 2 aliphatic carbocycles. The third kappa shape index (κ3) is 3.60. The van der Waals surface area contributed by atoms with Crippen molar-refractivity contribution in [3.8, 4) is 11.1 Å². The molecule has 0 radical (unpaired) electrons. The molecule has 40 heavy (non-hydrogen) atoms. The number of allylic oxidation sites excluding steroid dienone is 4. The van der Waals surface area contributed by atoms with E-state index < -0.39 is 0 Å². The summed E-state index contributed by atoms with van der Waals surface area (Å²) < 4.78 is 0. The lowest BCUT2D eigenvalue weighted by molar-refractivity contribution is 0.307. The van der Waals surface area contributed by atoms with Gasteiger partial charge >= 0.3 is 0 Å². The Hall–Kier alpha value is -3.55. The first kappa shape index (κ1) is 24.3. The molecular weight excluding hydrogens is 500 g/mol. The summed E-state index contributed by atoms with van der Waals surface area (Å²) in [6.07, 6.45) is 12.9. The highest BCUT2D eigenvalue weighted by Crippen LogP contribution is 2.61. The van der Waals surface area contributed by atoms with Gasteiger partial charge in [-0.25, -0.2) is 0 Å². The molecule has 5 aromatic carbocycles. The number of fused-ring (bicyclic) bond motifs is 5. The Bertz CT molecular complexity index is 1780. The van der Waals surface area contributed by atoms with Crippen molar-refractivity contribution in [3.05, 3.63) is 132 Å². The SMILES string of the molecule is C[C@@]1(c2c3ccccc3c(-c3ccccc3C3=CC=CCC3)c3ccccc23)CCCC2c3ccccc3SC21. The lowest BCUT2D eigenvalue weighted by Crippen LogP contribution is -2.40. The van der Waals surface area contributed by atoms with Gasteiger partial charge in [0.05, 0.1) is 0 Å². The van der Waals surface area contributed by atoms with E-state index in [0.717, 1.165) is 12.8 Å². The third-order valence-electron chi connectivity index (χ3n) is 9.84. The molecule has 196 valence electrons. The zero-order chi connectivity index (χ0) is 26.7.